The molecule has 0 fully saturated rings. The molecule has 172 valence electrons. The molecular formula is C25H27N3O5. The molecule has 1 atom stereocenters. The van der Waals surface area contributed by atoms with Gasteiger partial charge in [-0.15, -0.1) is 0 Å². The monoisotopic (exact) mass is 449 g/mol. The number of carbonyl (C=O) groups is 2. The van der Waals surface area contributed by atoms with E-state index in [1.807, 2.05) is 60.7 Å². The number of aromatic nitrogens is 1. The molecule has 3 N–H and O–H groups in total. The van der Waals surface area contributed by atoms with Crippen molar-refractivity contribution in [3.8, 4) is 0 Å². The predicted molar refractivity (Wildman–Crippen MR) is 125 cm³/mol. The topological polar surface area (TPSA) is 110 Å². The summed E-state index contributed by atoms with van der Waals surface area (Å²) in [6.07, 6.45) is -0.0302. The van der Waals surface area contributed by atoms with Crippen molar-refractivity contribution in [2.45, 2.75) is 32.5 Å². The Kier molecular flexibility index (Phi) is 8.24. The van der Waals surface area contributed by atoms with E-state index < -0.39 is 24.2 Å². The first kappa shape index (κ1) is 23.6. The van der Waals surface area contributed by atoms with Crippen LogP contribution in [0.2, 0.25) is 0 Å². The summed E-state index contributed by atoms with van der Waals surface area (Å²) >= 11 is 0. The van der Waals surface area contributed by atoms with E-state index in [9.17, 15) is 14.4 Å². The number of nitrogens with zero attached hydrogens (tertiary/aromatic N) is 1. The van der Waals surface area contributed by atoms with Gasteiger partial charge in [-0.2, -0.15) is 0 Å². The highest BCUT2D eigenvalue weighted by Crippen LogP contribution is 2.10. The van der Waals surface area contributed by atoms with Crippen molar-refractivity contribution in [2.24, 2.45) is 0 Å². The molecule has 2 aromatic carbocycles. The Balaban J connectivity index is 1.70. The first-order valence-corrected chi connectivity index (χ1v) is 10.6. The number of carbonyl (C=O) groups excluding carboxylic acids is 1. The molecule has 1 unspecified atom stereocenters. The van der Waals surface area contributed by atoms with Crippen LogP contribution in [0.1, 0.15) is 16.8 Å². The van der Waals surface area contributed by atoms with E-state index in [1.54, 1.807) is 19.1 Å². The number of hydrogen-bond acceptors (Lipinski definition) is 5. The highest BCUT2D eigenvalue weighted by atomic mass is 16.5. The van der Waals surface area contributed by atoms with Crippen LogP contribution in [0.5, 0.6) is 0 Å². The number of anilines is 1. The fourth-order valence-electron chi connectivity index (χ4n) is 3.39. The maximum Gasteiger partial charge on any atom is 0.407 e. The summed E-state index contributed by atoms with van der Waals surface area (Å²) in [5.74, 6) is -1.10. The lowest BCUT2D eigenvalue weighted by molar-refractivity contribution is -0.137. The van der Waals surface area contributed by atoms with Gasteiger partial charge in [0.1, 0.15) is 18.8 Å². The Bertz CT molecular complexity index is 1130. The molecule has 0 aliphatic carbocycles. The number of carboxylic acids is 1. The SMILES string of the molecule is Cc1ccc(NC(CNC(=O)OCc2ccccc2)Cc2ccccc2)c(=O)n1CC(=O)O. The third kappa shape index (κ3) is 7.24. The molecule has 0 radical (unpaired) electrons. The van der Waals surface area contributed by atoms with Crippen LogP contribution >= 0.6 is 0 Å². The Morgan fingerprint density at radius 2 is 1.61 bits per heavy atom. The minimum Gasteiger partial charge on any atom is -0.480 e. The summed E-state index contributed by atoms with van der Waals surface area (Å²) in [4.78, 5) is 36.2. The average molecular weight is 450 g/mol. The number of amides is 1. The van der Waals surface area contributed by atoms with Gasteiger partial charge >= 0.3 is 12.1 Å². The molecule has 0 bridgehead atoms. The lowest BCUT2D eigenvalue weighted by Crippen LogP contribution is -2.40. The zero-order valence-electron chi connectivity index (χ0n) is 18.4. The number of pyridine rings is 1. The minimum absolute atomic E-state index is 0.154. The van der Waals surface area contributed by atoms with Crippen LogP contribution in [-0.4, -0.2) is 34.3 Å². The van der Waals surface area contributed by atoms with Gasteiger partial charge in [0, 0.05) is 18.3 Å². The van der Waals surface area contributed by atoms with Gasteiger partial charge in [-0.3, -0.25) is 14.2 Å². The summed E-state index contributed by atoms with van der Waals surface area (Å²) in [6, 6.07) is 22.0. The number of benzene rings is 2. The summed E-state index contributed by atoms with van der Waals surface area (Å²) in [7, 11) is 0. The second kappa shape index (κ2) is 11.5. The number of ether oxygens (including phenoxy) is 1. The van der Waals surface area contributed by atoms with Crippen LogP contribution in [0.3, 0.4) is 0 Å². The number of aliphatic carboxylic acids is 1. The fraction of sp³-hybridized carbons (Fsp3) is 0.240. The van der Waals surface area contributed by atoms with E-state index in [1.165, 1.54) is 4.57 Å². The van der Waals surface area contributed by atoms with Gasteiger partial charge in [0.25, 0.3) is 5.56 Å². The molecule has 0 saturated heterocycles. The molecule has 0 saturated carbocycles. The first-order chi connectivity index (χ1) is 15.9. The van der Waals surface area contributed by atoms with Crippen molar-refractivity contribution in [3.63, 3.8) is 0 Å². The van der Waals surface area contributed by atoms with E-state index in [0.717, 1.165) is 11.1 Å². The van der Waals surface area contributed by atoms with Crippen LogP contribution in [0.4, 0.5) is 10.5 Å². The Hall–Kier alpha value is -4.07. The van der Waals surface area contributed by atoms with E-state index in [2.05, 4.69) is 10.6 Å². The van der Waals surface area contributed by atoms with Crippen molar-refractivity contribution >= 4 is 17.7 Å². The minimum atomic E-state index is -1.10. The molecule has 3 aromatic rings. The molecule has 0 spiro atoms. The smallest absolute Gasteiger partial charge is 0.407 e. The highest BCUT2D eigenvalue weighted by Gasteiger charge is 2.16. The van der Waals surface area contributed by atoms with Gasteiger partial charge < -0.3 is 20.5 Å². The maximum atomic E-state index is 12.8. The third-order valence-electron chi connectivity index (χ3n) is 5.08. The normalized spacial score (nSPS) is 11.4. The van der Waals surface area contributed by atoms with E-state index >= 15 is 0 Å². The second-order valence-corrected chi connectivity index (χ2v) is 7.65. The lowest BCUT2D eigenvalue weighted by atomic mass is 10.1. The predicted octanol–water partition coefficient (Wildman–Crippen LogP) is 3.19. The Labute approximate surface area is 191 Å². The van der Waals surface area contributed by atoms with Gasteiger partial charge in [0.05, 0.1) is 0 Å². The number of rotatable bonds is 10. The molecule has 1 aromatic heterocycles. The first-order valence-electron chi connectivity index (χ1n) is 10.6. The molecule has 0 aliphatic rings. The van der Waals surface area contributed by atoms with Crippen LogP contribution in [0.15, 0.2) is 77.6 Å². The van der Waals surface area contributed by atoms with Gasteiger partial charge in [-0.25, -0.2) is 4.79 Å². The van der Waals surface area contributed by atoms with E-state index in [0.29, 0.717) is 12.1 Å². The number of hydrogen-bond donors (Lipinski definition) is 3. The summed E-state index contributed by atoms with van der Waals surface area (Å²) in [5, 5.41) is 15.0. The third-order valence-corrected chi connectivity index (χ3v) is 5.08. The molecule has 1 amide bonds. The summed E-state index contributed by atoms with van der Waals surface area (Å²) < 4.78 is 6.47. The molecule has 3 rings (SSSR count). The molecule has 8 nitrogen and oxygen atoms in total. The number of alkyl carbamates (subject to hydrolysis) is 1. The fourth-order valence-corrected chi connectivity index (χ4v) is 3.39. The number of nitrogens with one attached hydrogen (secondary N) is 2. The maximum absolute atomic E-state index is 12.8. The summed E-state index contributed by atoms with van der Waals surface area (Å²) in [5.41, 5.74) is 2.29. The number of aryl methyl sites for hydroxylation is 1. The summed E-state index contributed by atoms with van der Waals surface area (Å²) in [6.45, 7) is 1.61. The Morgan fingerprint density at radius 3 is 2.24 bits per heavy atom. The van der Waals surface area contributed by atoms with Crippen molar-refractivity contribution in [1.29, 1.82) is 0 Å². The van der Waals surface area contributed by atoms with Crippen molar-refractivity contribution in [2.75, 3.05) is 11.9 Å². The van der Waals surface area contributed by atoms with Gasteiger partial charge in [-0.1, -0.05) is 60.7 Å². The van der Waals surface area contributed by atoms with E-state index in [4.69, 9.17) is 9.84 Å². The van der Waals surface area contributed by atoms with E-state index in [-0.39, 0.29) is 24.9 Å². The standard InChI is InChI=1S/C25H27N3O5/c1-18-12-13-22(24(31)28(18)16-23(29)30)27-21(14-19-8-4-2-5-9-19)15-26-25(32)33-17-20-10-6-3-7-11-20/h2-13,21,27H,14-17H2,1H3,(H,26,32)(H,29,30). The van der Waals surface area contributed by atoms with Crippen LogP contribution in [0.25, 0.3) is 0 Å². The molecule has 33 heavy (non-hydrogen) atoms. The van der Waals surface area contributed by atoms with Gasteiger partial charge in [0.15, 0.2) is 0 Å². The molecule has 1 heterocycles. The quantitative estimate of drug-likeness (QED) is 0.439. The van der Waals surface area contributed by atoms with Crippen molar-refractivity contribution < 1.29 is 19.4 Å². The molecule has 8 heteroatoms. The second-order valence-electron chi connectivity index (χ2n) is 7.65. The molecular weight excluding hydrogens is 422 g/mol. The lowest BCUT2D eigenvalue weighted by Gasteiger charge is -2.21. The van der Waals surface area contributed by atoms with Gasteiger partial charge in [-0.05, 0) is 36.6 Å². The van der Waals surface area contributed by atoms with Crippen molar-refractivity contribution in [1.82, 2.24) is 9.88 Å². The average Bonchev–Trinajstić information content (AvgIpc) is 2.81. The van der Waals surface area contributed by atoms with Crippen LogP contribution < -0.4 is 16.2 Å². The zero-order chi connectivity index (χ0) is 23.6. The van der Waals surface area contributed by atoms with Gasteiger partial charge in [0.2, 0.25) is 0 Å². The largest absolute Gasteiger partial charge is 0.480 e. The number of carboxylic acid groups (broad SMARTS) is 1. The Morgan fingerprint density at radius 1 is 0.970 bits per heavy atom. The van der Waals surface area contributed by atoms with Crippen LogP contribution in [-0.2, 0) is 29.1 Å². The molecule has 0 aliphatic heterocycles. The van der Waals surface area contributed by atoms with Crippen molar-refractivity contribution in [3.05, 3.63) is 100.0 Å². The zero-order valence-corrected chi connectivity index (χ0v) is 18.4. The highest BCUT2D eigenvalue weighted by molar-refractivity contribution is 5.67. The van der Waals surface area contributed by atoms with Crippen LogP contribution in [0, 0.1) is 6.92 Å².